The molecule has 1 aliphatic heterocycles. The summed E-state index contributed by atoms with van der Waals surface area (Å²) in [6, 6.07) is 11.8. The predicted molar refractivity (Wildman–Crippen MR) is 115 cm³/mol. The molecular weight excluding hydrogens is 405 g/mol. The zero-order valence-corrected chi connectivity index (χ0v) is 17.9. The molecule has 156 valence electrons. The maximum absolute atomic E-state index is 13.4. The van der Waals surface area contributed by atoms with E-state index in [9.17, 15) is 9.18 Å². The average molecular weight is 428 g/mol. The van der Waals surface area contributed by atoms with Crippen molar-refractivity contribution in [2.45, 2.75) is 24.3 Å². The molecule has 3 aromatic rings. The average Bonchev–Trinajstić information content (AvgIpc) is 2.99. The molecule has 2 heterocycles. The van der Waals surface area contributed by atoms with Crippen LogP contribution in [0, 0.1) is 12.7 Å². The van der Waals surface area contributed by atoms with Gasteiger partial charge in [-0.1, -0.05) is 6.07 Å². The minimum atomic E-state index is -0.329. The Bertz CT molecular complexity index is 1100. The zero-order chi connectivity index (χ0) is 21.4. The SMILES string of the molecule is COc1ccc([C@H]2S[C@@H](C)C(=O)Nc3c2c(C)nn3-c2ccc(F)cc2)cc1OC. The quantitative estimate of drug-likeness (QED) is 0.664. The molecule has 6 nitrogen and oxygen atoms in total. The minimum absolute atomic E-state index is 0.104. The molecule has 1 N–H and O–H groups in total. The lowest BCUT2D eigenvalue weighted by molar-refractivity contribution is -0.115. The van der Waals surface area contributed by atoms with Gasteiger partial charge in [0, 0.05) is 5.56 Å². The van der Waals surface area contributed by atoms with E-state index in [1.807, 2.05) is 32.0 Å². The molecule has 0 radical (unpaired) electrons. The van der Waals surface area contributed by atoms with Crippen LogP contribution in [0.3, 0.4) is 0 Å². The van der Waals surface area contributed by atoms with Crippen LogP contribution in [0.25, 0.3) is 5.69 Å². The number of ether oxygens (including phenoxy) is 2. The number of nitrogens with one attached hydrogen (secondary N) is 1. The lowest BCUT2D eigenvalue weighted by Crippen LogP contribution is -2.22. The fourth-order valence-electron chi connectivity index (χ4n) is 3.56. The van der Waals surface area contributed by atoms with Gasteiger partial charge in [-0.2, -0.15) is 5.10 Å². The second-order valence-electron chi connectivity index (χ2n) is 7.00. The van der Waals surface area contributed by atoms with Crippen LogP contribution in [-0.4, -0.2) is 35.2 Å². The number of carbonyl (C=O) groups excluding carboxylic acids is 1. The smallest absolute Gasteiger partial charge is 0.238 e. The van der Waals surface area contributed by atoms with Crippen LogP contribution in [0.2, 0.25) is 0 Å². The third-order valence-electron chi connectivity index (χ3n) is 5.10. The Morgan fingerprint density at radius 1 is 1.10 bits per heavy atom. The van der Waals surface area contributed by atoms with Crippen molar-refractivity contribution in [1.82, 2.24) is 9.78 Å². The number of hydrogen-bond donors (Lipinski definition) is 1. The summed E-state index contributed by atoms with van der Waals surface area (Å²) in [7, 11) is 3.19. The molecule has 0 spiro atoms. The first-order valence-electron chi connectivity index (χ1n) is 9.46. The second kappa shape index (κ2) is 8.02. The lowest BCUT2D eigenvalue weighted by Gasteiger charge is -2.19. The van der Waals surface area contributed by atoms with Crippen LogP contribution in [-0.2, 0) is 4.79 Å². The summed E-state index contributed by atoms with van der Waals surface area (Å²) in [5, 5.41) is 7.24. The van der Waals surface area contributed by atoms with E-state index in [0.29, 0.717) is 23.0 Å². The maximum Gasteiger partial charge on any atom is 0.238 e. The Balaban J connectivity index is 1.89. The Hall–Kier alpha value is -3.00. The Kier molecular flexibility index (Phi) is 5.42. The van der Waals surface area contributed by atoms with Crippen molar-refractivity contribution >= 4 is 23.5 Å². The molecular formula is C22H22FN3O3S. The predicted octanol–water partition coefficient (Wildman–Crippen LogP) is 4.50. The highest BCUT2D eigenvalue weighted by molar-refractivity contribution is 8.01. The molecule has 0 fully saturated rings. The van der Waals surface area contributed by atoms with E-state index < -0.39 is 0 Å². The summed E-state index contributed by atoms with van der Waals surface area (Å²) in [5.74, 6) is 1.43. The summed E-state index contributed by atoms with van der Waals surface area (Å²) in [4.78, 5) is 12.7. The molecule has 4 rings (SSSR count). The first-order chi connectivity index (χ1) is 14.4. The van der Waals surface area contributed by atoms with Crippen LogP contribution < -0.4 is 14.8 Å². The van der Waals surface area contributed by atoms with Crippen molar-refractivity contribution in [2.75, 3.05) is 19.5 Å². The van der Waals surface area contributed by atoms with Gasteiger partial charge in [-0.05, 0) is 55.8 Å². The van der Waals surface area contributed by atoms with Gasteiger partial charge in [0.1, 0.15) is 11.6 Å². The van der Waals surface area contributed by atoms with E-state index in [1.54, 1.807) is 42.8 Å². The van der Waals surface area contributed by atoms with Crippen molar-refractivity contribution in [3.05, 3.63) is 65.1 Å². The van der Waals surface area contributed by atoms with Crippen molar-refractivity contribution in [2.24, 2.45) is 0 Å². The van der Waals surface area contributed by atoms with Gasteiger partial charge in [0.15, 0.2) is 11.5 Å². The third kappa shape index (κ3) is 3.52. The van der Waals surface area contributed by atoms with Gasteiger partial charge < -0.3 is 14.8 Å². The standard InChI is InChI=1S/C22H22FN3O3S/c1-12-19-20(14-5-10-17(28-3)18(11-14)29-4)30-13(2)22(27)24-21(19)26(25-12)16-8-6-15(23)7-9-16/h5-11,13,20H,1-4H3,(H,24,27)/t13-,20+/m0/s1. The van der Waals surface area contributed by atoms with Gasteiger partial charge in [0.05, 0.1) is 36.1 Å². The first kappa shape index (κ1) is 20.3. The molecule has 2 aromatic carbocycles. The van der Waals surface area contributed by atoms with E-state index in [4.69, 9.17) is 9.47 Å². The number of amides is 1. The topological polar surface area (TPSA) is 65.4 Å². The summed E-state index contributed by atoms with van der Waals surface area (Å²) >= 11 is 1.55. The van der Waals surface area contributed by atoms with E-state index in [2.05, 4.69) is 10.4 Å². The number of aromatic nitrogens is 2. The molecule has 0 bridgehead atoms. The summed E-state index contributed by atoms with van der Waals surface area (Å²) in [6.07, 6.45) is 0. The van der Waals surface area contributed by atoms with Gasteiger partial charge in [-0.3, -0.25) is 4.79 Å². The fraction of sp³-hybridized carbons (Fsp3) is 0.273. The number of rotatable bonds is 4. The van der Waals surface area contributed by atoms with Gasteiger partial charge in [0.25, 0.3) is 0 Å². The van der Waals surface area contributed by atoms with Crippen LogP contribution in [0.15, 0.2) is 42.5 Å². The van der Waals surface area contributed by atoms with Crippen molar-refractivity contribution in [3.63, 3.8) is 0 Å². The van der Waals surface area contributed by atoms with Gasteiger partial charge >= 0.3 is 0 Å². The van der Waals surface area contributed by atoms with Crippen LogP contribution in [0.4, 0.5) is 10.2 Å². The summed E-state index contributed by atoms with van der Waals surface area (Å²) < 4.78 is 25.9. The molecule has 8 heteroatoms. The number of hydrogen-bond acceptors (Lipinski definition) is 5. The number of carbonyl (C=O) groups is 1. The van der Waals surface area contributed by atoms with Gasteiger partial charge in [0.2, 0.25) is 5.91 Å². The molecule has 0 unspecified atom stereocenters. The molecule has 1 amide bonds. The van der Waals surface area contributed by atoms with Gasteiger partial charge in [-0.25, -0.2) is 9.07 Å². The Labute approximate surface area is 178 Å². The zero-order valence-electron chi connectivity index (χ0n) is 17.1. The number of fused-ring (bicyclic) bond motifs is 1. The number of methoxy groups -OCH3 is 2. The summed E-state index contributed by atoms with van der Waals surface area (Å²) in [6.45, 7) is 3.79. The van der Waals surface area contributed by atoms with E-state index >= 15 is 0 Å². The molecule has 0 saturated heterocycles. The Morgan fingerprint density at radius 2 is 1.80 bits per heavy atom. The third-order valence-corrected chi connectivity index (χ3v) is 6.50. The van der Waals surface area contributed by atoms with Crippen molar-refractivity contribution in [1.29, 1.82) is 0 Å². The van der Waals surface area contributed by atoms with Crippen molar-refractivity contribution in [3.8, 4) is 17.2 Å². The van der Waals surface area contributed by atoms with Crippen molar-refractivity contribution < 1.29 is 18.7 Å². The highest BCUT2D eigenvalue weighted by atomic mass is 32.2. The number of anilines is 1. The Morgan fingerprint density at radius 3 is 2.47 bits per heavy atom. The van der Waals surface area contributed by atoms with Crippen LogP contribution >= 0.6 is 11.8 Å². The van der Waals surface area contributed by atoms with Gasteiger partial charge in [-0.15, -0.1) is 11.8 Å². The maximum atomic E-state index is 13.4. The highest BCUT2D eigenvalue weighted by Crippen LogP contribution is 2.47. The molecule has 2 atom stereocenters. The highest BCUT2D eigenvalue weighted by Gasteiger charge is 2.34. The normalized spacial score (nSPS) is 18.4. The number of benzene rings is 2. The van der Waals surface area contributed by atoms with Crippen LogP contribution in [0.1, 0.15) is 29.0 Å². The van der Waals surface area contributed by atoms with E-state index in [0.717, 1.165) is 16.8 Å². The minimum Gasteiger partial charge on any atom is -0.493 e. The lowest BCUT2D eigenvalue weighted by atomic mass is 10.0. The number of aryl methyl sites for hydroxylation is 1. The first-order valence-corrected chi connectivity index (χ1v) is 10.4. The van der Waals surface area contributed by atoms with E-state index in [1.165, 1.54) is 12.1 Å². The van der Waals surface area contributed by atoms with E-state index in [-0.39, 0.29) is 22.2 Å². The second-order valence-corrected chi connectivity index (χ2v) is 8.45. The molecule has 30 heavy (non-hydrogen) atoms. The monoisotopic (exact) mass is 427 g/mol. The summed E-state index contributed by atoms with van der Waals surface area (Å²) in [5.41, 5.74) is 3.35. The number of thioether (sulfide) groups is 1. The molecule has 0 saturated carbocycles. The number of nitrogens with zero attached hydrogens (tertiary/aromatic N) is 2. The fourth-order valence-corrected chi connectivity index (χ4v) is 4.87. The molecule has 0 aliphatic carbocycles. The van der Waals surface area contributed by atoms with Crippen LogP contribution in [0.5, 0.6) is 11.5 Å². The molecule has 1 aromatic heterocycles. The number of halogens is 1. The largest absolute Gasteiger partial charge is 0.493 e. The molecule has 1 aliphatic rings.